The molecule has 0 radical (unpaired) electrons. The van der Waals surface area contributed by atoms with E-state index in [0.717, 1.165) is 36.4 Å². The minimum absolute atomic E-state index is 0.0901. The van der Waals surface area contributed by atoms with Crippen molar-refractivity contribution in [2.45, 2.75) is 20.0 Å². The van der Waals surface area contributed by atoms with E-state index in [1.807, 2.05) is 6.07 Å². The number of hydrogen-bond acceptors (Lipinski definition) is 6. The first kappa shape index (κ1) is 21.7. The van der Waals surface area contributed by atoms with E-state index in [1.165, 1.54) is 6.07 Å². The van der Waals surface area contributed by atoms with Gasteiger partial charge < -0.3 is 15.2 Å². The van der Waals surface area contributed by atoms with Crippen LogP contribution in [0.25, 0.3) is 10.9 Å². The monoisotopic (exact) mass is 440 g/mol. The number of H-pyrrole nitrogens is 1. The second kappa shape index (κ2) is 8.91. The predicted octanol–water partition coefficient (Wildman–Crippen LogP) is 0.926. The molecule has 2 aromatic heterocycles. The number of carbonyl (C=O) groups excluding carboxylic acids is 1. The highest BCUT2D eigenvalue weighted by atomic mass is 19.1. The van der Waals surface area contributed by atoms with E-state index in [1.54, 1.807) is 32.3 Å². The lowest BCUT2D eigenvalue weighted by Gasteiger charge is -2.36. The lowest BCUT2D eigenvalue weighted by molar-refractivity contribution is 0.0958. The number of fused-ring (bicyclic) bond motifs is 1. The largest absolute Gasteiger partial charge is 0.368 e. The second-order valence-electron chi connectivity index (χ2n) is 7.72. The van der Waals surface area contributed by atoms with Gasteiger partial charge in [-0.15, -0.1) is 0 Å². The molecule has 0 bridgehead atoms. The van der Waals surface area contributed by atoms with Crippen LogP contribution < -0.4 is 21.5 Å². The summed E-state index contributed by atoms with van der Waals surface area (Å²) in [6.45, 7) is 5.38. The Morgan fingerprint density at radius 1 is 1.19 bits per heavy atom. The van der Waals surface area contributed by atoms with E-state index in [2.05, 4.69) is 25.1 Å². The van der Waals surface area contributed by atoms with Gasteiger partial charge in [-0.1, -0.05) is 0 Å². The zero-order chi connectivity index (χ0) is 22.8. The zero-order valence-corrected chi connectivity index (χ0v) is 18.0. The van der Waals surface area contributed by atoms with Crippen molar-refractivity contribution in [1.29, 1.82) is 0 Å². The van der Waals surface area contributed by atoms with Gasteiger partial charge in [-0.25, -0.2) is 14.2 Å². The standard InChI is InChI=1S/C22H25FN6O3/c1-3-29-21(31)19-16(23)10-14(11-18(19)26-22(29)32)13-27-6-8-28(9-7-27)15-4-5-17(25-12-15)20(30)24-2/h4-5,10-12H,3,6-9,13H2,1-2H3,(H,24,30)(H,26,32). The van der Waals surface area contributed by atoms with Crippen LogP contribution in [0.4, 0.5) is 10.1 Å². The quantitative estimate of drug-likeness (QED) is 0.612. The summed E-state index contributed by atoms with van der Waals surface area (Å²) < 4.78 is 15.7. The van der Waals surface area contributed by atoms with E-state index >= 15 is 0 Å². The summed E-state index contributed by atoms with van der Waals surface area (Å²) in [6, 6.07) is 6.63. The molecule has 0 aliphatic carbocycles. The van der Waals surface area contributed by atoms with Crippen molar-refractivity contribution in [2.24, 2.45) is 0 Å². The maximum absolute atomic E-state index is 14.7. The molecule has 1 fully saturated rings. The van der Waals surface area contributed by atoms with E-state index in [4.69, 9.17) is 0 Å². The van der Waals surface area contributed by atoms with Gasteiger partial charge in [0.25, 0.3) is 11.5 Å². The Bertz CT molecular complexity index is 1260. The van der Waals surface area contributed by atoms with Crippen LogP contribution in [0.5, 0.6) is 0 Å². The minimum atomic E-state index is -0.623. The van der Waals surface area contributed by atoms with Gasteiger partial charge in [0.05, 0.1) is 22.8 Å². The molecular weight excluding hydrogens is 415 g/mol. The number of anilines is 1. The molecule has 4 rings (SSSR count). The molecule has 1 aromatic carbocycles. The van der Waals surface area contributed by atoms with Gasteiger partial charge in [-0.3, -0.25) is 19.1 Å². The number of pyridine rings is 1. The lowest BCUT2D eigenvalue weighted by atomic mass is 10.1. The van der Waals surface area contributed by atoms with Crippen LogP contribution in [-0.4, -0.2) is 58.6 Å². The first-order valence-corrected chi connectivity index (χ1v) is 10.5. The lowest BCUT2D eigenvalue weighted by Crippen LogP contribution is -2.46. The number of piperazine rings is 1. The fraction of sp³-hybridized carbons (Fsp3) is 0.364. The number of aromatic amines is 1. The molecule has 9 nitrogen and oxygen atoms in total. The molecule has 3 aromatic rings. The SMILES string of the molecule is CCn1c(=O)[nH]c2cc(CN3CCN(c4ccc(C(=O)NC)nc4)CC3)cc(F)c2c1=O. The highest BCUT2D eigenvalue weighted by Gasteiger charge is 2.19. The molecule has 1 aliphatic heterocycles. The summed E-state index contributed by atoms with van der Waals surface area (Å²) in [7, 11) is 1.57. The van der Waals surface area contributed by atoms with Crippen molar-refractivity contribution in [3.63, 3.8) is 0 Å². The molecule has 0 unspecified atom stereocenters. The van der Waals surface area contributed by atoms with Crippen LogP contribution in [-0.2, 0) is 13.1 Å². The highest BCUT2D eigenvalue weighted by Crippen LogP contribution is 2.19. The van der Waals surface area contributed by atoms with Crippen LogP contribution in [0.15, 0.2) is 40.1 Å². The average Bonchev–Trinajstić information content (AvgIpc) is 2.79. The number of carbonyl (C=O) groups is 1. The number of amides is 1. The molecule has 10 heteroatoms. The van der Waals surface area contributed by atoms with Crippen LogP contribution in [0.2, 0.25) is 0 Å². The van der Waals surface area contributed by atoms with E-state index < -0.39 is 17.1 Å². The summed E-state index contributed by atoms with van der Waals surface area (Å²) in [4.78, 5) is 47.3. The van der Waals surface area contributed by atoms with Gasteiger partial charge in [0, 0.05) is 46.3 Å². The Hall–Kier alpha value is -3.53. The summed E-state index contributed by atoms with van der Waals surface area (Å²) in [5.41, 5.74) is 1.09. The molecule has 0 atom stereocenters. The van der Waals surface area contributed by atoms with Crippen LogP contribution in [0.3, 0.4) is 0 Å². The molecule has 168 valence electrons. The zero-order valence-electron chi connectivity index (χ0n) is 18.0. The predicted molar refractivity (Wildman–Crippen MR) is 120 cm³/mol. The first-order valence-electron chi connectivity index (χ1n) is 10.5. The van der Waals surface area contributed by atoms with Crippen molar-refractivity contribution >= 4 is 22.5 Å². The van der Waals surface area contributed by atoms with Gasteiger partial charge in [-0.05, 0) is 36.8 Å². The Morgan fingerprint density at radius 3 is 2.56 bits per heavy atom. The van der Waals surface area contributed by atoms with Gasteiger partial charge >= 0.3 is 5.69 Å². The number of nitrogens with zero attached hydrogens (tertiary/aromatic N) is 4. The molecule has 3 heterocycles. The number of aromatic nitrogens is 3. The molecule has 1 amide bonds. The first-order chi connectivity index (χ1) is 15.4. The molecule has 0 saturated carbocycles. The fourth-order valence-electron chi connectivity index (χ4n) is 4.03. The molecule has 1 aliphatic rings. The van der Waals surface area contributed by atoms with Crippen molar-refractivity contribution < 1.29 is 9.18 Å². The minimum Gasteiger partial charge on any atom is -0.368 e. The Balaban J connectivity index is 1.45. The molecule has 2 N–H and O–H groups in total. The highest BCUT2D eigenvalue weighted by molar-refractivity contribution is 5.92. The third kappa shape index (κ3) is 4.13. The normalized spacial score (nSPS) is 14.7. The van der Waals surface area contributed by atoms with Gasteiger partial charge in [0.2, 0.25) is 0 Å². The third-order valence-corrected chi connectivity index (χ3v) is 5.76. The number of rotatable bonds is 5. The smallest absolute Gasteiger partial charge is 0.328 e. The van der Waals surface area contributed by atoms with Gasteiger partial charge in [-0.2, -0.15) is 0 Å². The van der Waals surface area contributed by atoms with Gasteiger partial charge in [0.15, 0.2) is 0 Å². The Morgan fingerprint density at radius 2 is 1.94 bits per heavy atom. The van der Waals surface area contributed by atoms with E-state index in [0.29, 0.717) is 17.8 Å². The topological polar surface area (TPSA) is 103 Å². The summed E-state index contributed by atoms with van der Waals surface area (Å²) in [5, 5.41) is 2.46. The fourth-order valence-corrected chi connectivity index (χ4v) is 4.03. The van der Waals surface area contributed by atoms with Crippen molar-refractivity contribution in [3.05, 3.63) is 68.4 Å². The van der Waals surface area contributed by atoms with Crippen molar-refractivity contribution in [3.8, 4) is 0 Å². The molecule has 32 heavy (non-hydrogen) atoms. The number of halogens is 1. The molecule has 1 saturated heterocycles. The summed E-state index contributed by atoms with van der Waals surface area (Å²) in [5.74, 6) is -0.846. The van der Waals surface area contributed by atoms with E-state index in [9.17, 15) is 18.8 Å². The molecule has 0 spiro atoms. The van der Waals surface area contributed by atoms with Crippen molar-refractivity contribution in [1.82, 2.24) is 24.8 Å². The second-order valence-corrected chi connectivity index (χ2v) is 7.72. The number of nitrogens with one attached hydrogen (secondary N) is 2. The number of hydrogen-bond donors (Lipinski definition) is 2. The van der Waals surface area contributed by atoms with Crippen molar-refractivity contribution in [2.75, 3.05) is 38.1 Å². The third-order valence-electron chi connectivity index (χ3n) is 5.76. The molecular formula is C22H25FN6O3. The van der Waals surface area contributed by atoms with Crippen LogP contribution in [0.1, 0.15) is 23.0 Å². The summed E-state index contributed by atoms with van der Waals surface area (Å²) in [6.07, 6.45) is 1.69. The Labute approximate surface area is 183 Å². The Kier molecular flexibility index (Phi) is 6.04. The van der Waals surface area contributed by atoms with Crippen LogP contribution >= 0.6 is 0 Å². The average molecular weight is 440 g/mol. The van der Waals surface area contributed by atoms with Gasteiger partial charge in [0.1, 0.15) is 11.5 Å². The van der Waals surface area contributed by atoms with Crippen LogP contribution in [0, 0.1) is 5.82 Å². The summed E-state index contributed by atoms with van der Waals surface area (Å²) >= 11 is 0. The maximum atomic E-state index is 14.7. The number of benzene rings is 1. The van der Waals surface area contributed by atoms with E-state index in [-0.39, 0.29) is 23.4 Å². The maximum Gasteiger partial charge on any atom is 0.328 e.